The number of nitrogens with zero attached hydrogens (tertiary/aromatic N) is 3. The van der Waals surface area contributed by atoms with E-state index in [-0.39, 0.29) is 51.0 Å². The van der Waals surface area contributed by atoms with Crippen LogP contribution in [0.1, 0.15) is 58.8 Å². The van der Waals surface area contributed by atoms with Crippen molar-refractivity contribution in [3.8, 4) is 0 Å². The Morgan fingerprint density at radius 3 is 2.30 bits per heavy atom. The van der Waals surface area contributed by atoms with Crippen LogP contribution in [0.25, 0.3) is 21.9 Å². The van der Waals surface area contributed by atoms with Gasteiger partial charge in [0.1, 0.15) is 36.6 Å². The van der Waals surface area contributed by atoms with Crippen molar-refractivity contribution in [2.24, 2.45) is 17.4 Å². The minimum atomic E-state index is -1.08. The lowest BCUT2D eigenvalue weighted by atomic mass is 10.0. The Bertz CT molecular complexity index is 2010. The first-order chi connectivity index (χ1) is 26.6. The van der Waals surface area contributed by atoms with E-state index in [4.69, 9.17) is 25.9 Å². The van der Waals surface area contributed by atoms with Crippen LogP contribution in [0.4, 0.5) is 21.1 Å². The van der Waals surface area contributed by atoms with E-state index in [2.05, 4.69) is 31.6 Å². The summed E-state index contributed by atoms with van der Waals surface area (Å²) in [4.78, 5) is 72.1. The first-order valence-corrected chi connectivity index (χ1v) is 18.3. The molecule has 6 amide bonds. The number of fused-ring (bicyclic) bond motifs is 3. The maximum atomic E-state index is 13.4. The van der Waals surface area contributed by atoms with Crippen molar-refractivity contribution in [2.45, 2.75) is 84.9 Å². The maximum Gasteiger partial charge on any atom is 0.413 e. The molecule has 18 nitrogen and oxygen atoms in total. The monoisotopic (exact) mass is 776 g/mol. The summed E-state index contributed by atoms with van der Waals surface area (Å²) in [5.74, 6) is -1.16. The van der Waals surface area contributed by atoms with E-state index in [1.807, 2.05) is 35.8 Å². The van der Waals surface area contributed by atoms with Gasteiger partial charge in [-0.2, -0.15) is 0 Å². The highest BCUT2D eigenvalue weighted by atomic mass is 16.5. The van der Waals surface area contributed by atoms with Crippen LogP contribution >= 0.6 is 0 Å². The number of pyridine rings is 1. The van der Waals surface area contributed by atoms with Crippen molar-refractivity contribution >= 4 is 63.3 Å². The first-order valence-electron chi connectivity index (χ1n) is 18.3. The molecule has 2 heterocycles. The number of aromatic nitrogens is 3. The van der Waals surface area contributed by atoms with E-state index >= 15 is 0 Å². The van der Waals surface area contributed by atoms with Crippen LogP contribution in [0.2, 0.25) is 0 Å². The molecule has 2 atom stereocenters. The molecule has 302 valence electrons. The molecule has 0 aliphatic carbocycles. The summed E-state index contributed by atoms with van der Waals surface area (Å²) >= 11 is 0. The molecule has 4 rings (SSSR count). The van der Waals surface area contributed by atoms with Crippen LogP contribution < -0.4 is 38.1 Å². The molecule has 2 aromatic heterocycles. The molecule has 56 heavy (non-hydrogen) atoms. The van der Waals surface area contributed by atoms with Crippen LogP contribution in [0.15, 0.2) is 48.5 Å². The second kappa shape index (κ2) is 19.7. The smallest absolute Gasteiger partial charge is 0.413 e. The third-order valence-corrected chi connectivity index (χ3v) is 8.51. The quantitative estimate of drug-likeness (QED) is 0.0642. The molecule has 4 aromatic rings. The second-order valence-corrected chi connectivity index (χ2v) is 14.1. The number of nitrogens with two attached hydrogens (primary N) is 2. The van der Waals surface area contributed by atoms with Gasteiger partial charge in [0, 0.05) is 24.2 Å². The van der Waals surface area contributed by atoms with E-state index in [0.29, 0.717) is 46.7 Å². The summed E-state index contributed by atoms with van der Waals surface area (Å²) in [6, 6.07) is 11.3. The SMILES string of the molecule is CCOCc1nc2c(NC(=O)OCc3ccc(NC(=O)[C@H](CCCNC(N)=O)NC(=O)[C@@H](NC(=O)CN)C(C)C)cc3)nc3ccccc3c2n1CC(C)(C)O. The van der Waals surface area contributed by atoms with Gasteiger partial charge in [0.25, 0.3) is 0 Å². The van der Waals surface area contributed by atoms with Crippen LogP contribution in [0.5, 0.6) is 0 Å². The Hall–Kier alpha value is -5.85. The van der Waals surface area contributed by atoms with Gasteiger partial charge in [-0.15, -0.1) is 0 Å². The van der Waals surface area contributed by atoms with Crippen molar-refractivity contribution in [1.82, 2.24) is 30.5 Å². The van der Waals surface area contributed by atoms with Gasteiger partial charge < -0.3 is 51.9 Å². The number of carbonyl (C=O) groups is 5. The van der Waals surface area contributed by atoms with E-state index in [1.165, 1.54) is 0 Å². The Kier molecular flexibility index (Phi) is 15.0. The maximum absolute atomic E-state index is 13.4. The Morgan fingerprint density at radius 1 is 0.946 bits per heavy atom. The molecule has 0 aliphatic rings. The molecule has 0 spiro atoms. The van der Waals surface area contributed by atoms with Crippen molar-refractivity contribution < 1.29 is 38.6 Å². The summed E-state index contributed by atoms with van der Waals surface area (Å²) in [5, 5.41) is 24.8. The van der Waals surface area contributed by atoms with Gasteiger partial charge in [-0.3, -0.25) is 19.7 Å². The number of ether oxygens (including phenoxy) is 2. The van der Waals surface area contributed by atoms with Crippen LogP contribution in [-0.4, -0.2) is 86.9 Å². The second-order valence-electron chi connectivity index (χ2n) is 14.1. The number of rotatable bonds is 19. The van der Waals surface area contributed by atoms with Gasteiger partial charge in [0.05, 0.1) is 29.7 Å². The number of carbonyl (C=O) groups excluding carboxylic acids is 5. The Labute approximate surface area is 324 Å². The molecule has 10 N–H and O–H groups in total. The number of anilines is 2. The summed E-state index contributed by atoms with van der Waals surface area (Å²) in [5.41, 5.74) is 12.2. The number of imidazole rings is 1. The summed E-state index contributed by atoms with van der Waals surface area (Å²) in [6.45, 7) is 9.40. The molecule has 0 radical (unpaired) electrons. The predicted molar refractivity (Wildman–Crippen MR) is 210 cm³/mol. The standard InChI is InChI=1S/C38H52N10O8/c1-6-55-20-28-45-31-32(48(28)21-38(4,5)54)25-10-7-8-11-26(25)43-33(31)47-37(53)56-19-23-13-15-24(16-14-23)42-34(50)27(12-9-17-41-36(40)52)44-35(51)30(22(2)3)46-29(49)18-39/h7-8,10-11,13-16,22,27,30,54H,6,9,12,17-21,39H2,1-5H3,(H,42,50)(H,44,51)(H,46,49)(H3,40,41,52)(H,43,47,53)/t27-,30-/m0/s1. The van der Waals surface area contributed by atoms with Crippen molar-refractivity contribution in [2.75, 3.05) is 30.3 Å². The molecule has 0 fully saturated rings. The molecule has 0 saturated carbocycles. The Morgan fingerprint density at radius 2 is 1.66 bits per heavy atom. The third kappa shape index (κ3) is 12.1. The van der Waals surface area contributed by atoms with Gasteiger partial charge in [-0.25, -0.2) is 19.6 Å². The highest BCUT2D eigenvalue weighted by Crippen LogP contribution is 2.31. The van der Waals surface area contributed by atoms with E-state index < -0.39 is 47.5 Å². The zero-order valence-electron chi connectivity index (χ0n) is 32.3. The van der Waals surface area contributed by atoms with E-state index in [1.54, 1.807) is 52.0 Å². The van der Waals surface area contributed by atoms with Crippen molar-refractivity contribution in [3.05, 3.63) is 59.9 Å². The normalized spacial score (nSPS) is 12.6. The number of para-hydroxylation sites is 1. The van der Waals surface area contributed by atoms with Crippen molar-refractivity contribution in [3.63, 3.8) is 0 Å². The van der Waals surface area contributed by atoms with Gasteiger partial charge in [0.2, 0.25) is 17.7 Å². The molecule has 18 heteroatoms. The Balaban J connectivity index is 1.45. The molecule has 0 unspecified atom stereocenters. The number of hydrogen-bond acceptors (Lipinski definition) is 11. The van der Waals surface area contributed by atoms with Gasteiger partial charge in [-0.05, 0) is 63.3 Å². The lowest BCUT2D eigenvalue weighted by Crippen LogP contribution is -2.55. The highest BCUT2D eigenvalue weighted by Gasteiger charge is 2.29. The molecular formula is C38H52N10O8. The van der Waals surface area contributed by atoms with Crippen LogP contribution in [0, 0.1) is 5.92 Å². The minimum absolute atomic E-state index is 0.115. The number of hydrogen-bond donors (Lipinski definition) is 8. The summed E-state index contributed by atoms with van der Waals surface area (Å²) in [7, 11) is 0. The average molecular weight is 777 g/mol. The molecule has 0 bridgehead atoms. The van der Waals surface area contributed by atoms with Gasteiger partial charge in [0.15, 0.2) is 5.82 Å². The minimum Gasteiger partial charge on any atom is -0.444 e. The fourth-order valence-corrected chi connectivity index (χ4v) is 5.84. The lowest BCUT2D eigenvalue weighted by Gasteiger charge is -2.25. The zero-order chi connectivity index (χ0) is 41.0. The number of nitrogens with one attached hydrogen (secondary N) is 5. The van der Waals surface area contributed by atoms with Gasteiger partial charge >= 0.3 is 12.1 Å². The van der Waals surface area contributed by atoms with Crippen molar-refractivity contribution in [1.29, 1.82) is 0 Å². The van der Waals surface area contributed by atoms with Gasteiger partial charge in [-0.1, -0.05) is 44.2 Å². The third-order valence-electron chi connectivity index (χ3n) is 8.51. The molecule has 0 saturated heterocycles. The van der Waals surface area contributed by atoms with E-state index in [0.717, 1.165) is 5.39 Å². The fourth-order valence-electron chi connectivity index (χ4n) is 5.84. The highest BCUT2D eigenvalue weighted by molar-refractivity contribution is 6.09. The number of amides is 6. The lowest BCUT2D eigenvalue weighted by molar-refractivity contribution is -0.131. The number of urea groups is 1. The number of benzene rings is 2. The van der Waals surface area contributed by atoms with Crippen LogP contribution in [-0.2, 0) is 43.6 Å². The molecule has 0 aliphatic heterocycles. The average Bonchev–Trinajstić information content (AvgIpc) is 3.50. The number of primary amides is 1. The molecular weight excluding hydrogens is 724 g/mol. The summed E-state index contributed by atoms with van der Waals surface area (Å²) < 4.78 is 13.1. The van der Waals surface area contributed by atoms with Crippen LogP contribution in [0.3, 0.4) is 0 Å². The predicted octanol–water partition coefficient (Wildman–Crippen LogP) is 2.61. The van der Waals surface area contributed by atoms with E-state index in [9.17, 15) is 29.1 Å². The number of aliphatic hydroxyl groups is 1. The zero-order valence-corrected chi connectivity index (χ0v) is 32.3. The largest absolute Gasteiger partial charge is 0.444 e. The topological polar surface area (TPSA) is 267 Å². The molecule has 2 aromatic carbocycles. The fraction of sp³-hybridized carbons (Fsp3) is 0.447. The summed E-state index contributed by atoms with van der Waals surface area (Å²) in [6.07, 6.45) is -0.305. The first kappa shape index (κ1) is 42.9.